The van der Waals surface area contributed by atoms with Gasteiger partial charge in [0.05, 0.1) is 24.8 Å². The van der Waals surface area contributed by atoms with Crippen LogP contribution in [-0.4, -0.2) is 26.4 Å². The van der Waals surface area contributed by atoms with Crippen LogP contribution in [0.25, 0.3) is 0 Å². The molecule has 4 heteroatoms. The molecule has 0 aliphatic heterocycles. The van der Waals surface area contributed by atoms with Gasteiger partial charge in [0.2, 0.25) is 0 Å². The Morgan fingerprint density at radius 2 is 2.17 bits per heavy atom. The van der Waals surface area contributed by atoms with E-state index in [0.717, 1.165) is 30.7 Å². The van der Waals surface area contributed by atoms with Gasteiger partial charge in [0.25, 0.3) is 0 Å². The van der Waals surface area contributed by atoms with Crippen LogP contribution in [0.2, 0.25) is 0 Å². The molecule has 1 fully saturated rings. The summed E-state index contributed by atoms with van der Waals surface area (Å²) in [7, 11) is 3.40. The first-order valence-electron chi connectivity index (χ1n) is 6.10. The Balaban J connectivity index is 1.94. The van der Waals surface area contributed by atoms with Gasteiger partial charge in [-0.2, -0.15) is 5.26 Å². The molecule has 0 aromatic heterocycles. The predicted octanol–water partition coefficient (Wildman–Crippen LogP) is 1.83. The summed E-state index contributed by atoms with van der Waals surface area (Å²) in [6, 6.07) is 8.14. The van der Waals surface area contributed by atoms with Crippen LogP contribution in [0.3, 0.4) is 0 Å². The highest BCUT2D eigenvalue weighted by atomic mass is 16.5. The molecule has 1 aromatic rings. The minimum Gasteiger partial charge on any atom is -0.496 e. The van der Waals surface area contributed by atoms with E-state index in [2.05, 4.69) is 11.4 Å². The van der Waals surface area contributed by atoms with E-state index in [-0.39, 0.29) is 0 Å². The third kappa shape index (κ3) is 2.81. The highest BCUT2D eigenvalue weighted by Crippen LogP contribution is 2.24. The molecular formula is C14H18N2O2. The number of rotatable bonds is 5. The van der Waals surface area contributed by atoms with Crippen LogP contribution in [0.5, 0.6) is 5.75 Å². The Hall–Kier alpha value is -1.57. The Bertz CT molecular complexity index is 448. The average molecular weight is 246 g/mol. The molecule has 1 aromatic carbocycles. The Labute approximate surface area is 108 Å². The van der Waals surface area contributed by atoms with Crippen molar-refractivity contribution in [3.8, 4) is 11.8 Å². The van der Waals surface area contributed by atoms with Crippen LogP contribution in [0, 0.1) is 11.3 Å². The van der Waals surface area contributed by atoms with Crippen LogP contribution in [0.1, 0.15) is 24.0 Å². The van der Waals surface area contributed by atoms with E-state index in [1.165, 1.54) is 0 Å². The fourth-order valence-corrected chi connectivity index (χ4v) is 2.17. The lowest BCUT2D eigenvalue weighted by Gasteiger charge is -2.34. The largest absolute Gasteiger partial charge is 0.496 e. The minimum absolute atomic E-state index is 0.398. The van der Waals surface area contributed by atoms with Gasteiger partial charge >= 0.3 is 0 Å². The molecule has 0 unspecified atom stereocenters. The molecular weight excluding hydrogens is 228 g/mol. The van der Waals surface area contributed by atoms with Crippen LogP contribution < -0.4 is 10.1 Å². The number of methoxy groups -OCH3 is 2. The molecule has 4 nitrogen and oxygen atoms in total. The standard InChI is InChI=1S/C14H18N2O2/c1-17-13-6-12(7-13)16-9-11-5-10(8-15)3-4-14(11)18-2/h3-5,12-13,16H,6-7,9H2,1-2H3. The fraction of sp³-hybridized carbons (Fsp3) is 0.500. The molecule has 0 bridgehead atoms. The van der Waals surface area contributed by atoms with Gasteiger partial charge in [0.1, 0.15) is 5.75 Å². The summed E-state index contributed by atoms with van der Waals surface area (Å²) in [5.74, 6) is 0.823. The van der Waals surface area contributed by atoms with Crippen molar-refractivity contribution in [2.24, 2.45) is 0 Å². The summed E-state index contributed by atoms with van der Waals surface area (Å²) >= 11 is 0. The fourth-order valence-electron chi connectivity index (χ4n) is 2.17. The summed E-state index contributed by atoms with van der Waals surface area (Å²) in [6.07, 6.45) is 2.50. The van der Waals surface area contributed by atoms with Gasteiger partial charge in [-0.1, -0.05) is 0 Å². The van der Waals surface area contributed by atoms with Crippen LogP contribution in [-0.2, 0) is 11.3 Å². The predicted molar refractivity (Wildman–Crippen MR) is 68.4 cm³/mol. The molecule has 1 aliphatic carbocycles. The highest BCUT2D eigenvalue weighted by Gasteiger charge is 2.28. The van der Waals surface area contributed by atoms with E-state index in [1.54, 1.807) is 20.3 Å². The van der Waals surface area contributed by atoms with E-state index >= 15 is 0 Å². The minimum atomic E-state index is 0.398. The summed E-state index contributed by atoms with van der Waals surface area (Å²) in [5, 5.41) is 12.4. The van der Waals surface area contributed by atoms with E-state index in [9.17, 15) is 0 Å². The maximum Gasteiger partial charge on any atom is 0.123 e. The summed E-state index contributed by atoms with van der Waals surface area (Å²) < 4.78 is 10.5. The normalized spacial score (nSPS) is 22.1. The van der Waals surface area contributed by atoms with Crippen molar-refractivity contribution in [3.63, 3.8) is 0 Å². The van der Waals surface area contributed by atoms with E-state index < -0.39 is 0 Å². The highest BCUT2D eigenvalue weighted by molar-refractivity contribution is 5.42. The first-order valence-corrected chi connectivity index (χ1v) is 6.10. The van der Waals surface area contributed by atoms with E-state index in [4.69, 9.17) is 14.7 Å². The lowest BCUT2D eigenvalue weighted by molar-refractivity contribution is 0.0169. The number of nitrogens with zero attached hydrogens (tertiary/aromatic N) is 1. The summed E-state index contributed by atoms with van der Waals surface area (Å²) in [4.78, 5) is 0. The average Bonchev–Trinajstić information content (AvgIpc) is 2.37. The van der Waals surface area contributed by atoms with E-state index in [1.807, 2.05) is 12.1 Å². The molecule has 1 aliphatic rings. The lowest BCUT2D eigenvalue weighted by Crippen LogP contribution is -2.44. The maximum atomic E-state index is 8.90. The van der Waals surface area contributed by atoms with Gasteiger partial charge < -0.3 is 14.8 Å². The van der Waals surface area contributed by atoms with Crippen molar-refractivity contribution in [1.82, 2.24) is 5.32 Å². The molecule has 96 valence electrons. The third-order valence-corrected chi connectivity index (χ3v) is 3.42. The Kier molecular flexibility index (Phi) is 4.19. The second-order valence-electron chi connectivity index (χ2n) is 4.55. The number of nitrogens with one attached hydrogen (secondary N) is 1. The molecule has 0 atom stereocenters. The molecule has 0 radical (unpaired) electrons. The van der Waals surface area contributed by atoms with Crippen molar-refractivity contribution in [2.75, 3.05) is 14.2 Å². The number of hydrogen-bond acceptors (Lipinski definition) is 4. The zero-order valence-electron chi connectivity index (χ0n) is 10.8. The Morgan fingerprint density at radius 3 is 2.78 bits per heavy atom. The van der Waals surface area contributed by atoms with Gasteiger partial charge in [0, 0.05) is 25.3 Å². The molecule has 2 rings (SSSR count). The van der Waals surface area contributed by atoms with Gasteiger partial charge in [-0.05, 0) is 31.0 Å². The van der Waals surface area contributed by atoms with Crippen molar-refractivity contribution in [3.05, 3.63) is 29.3 Å². The zero-order chi connectivity index (χ0) is 13.0. The quantitative estimate of drug-likeness (QED) is 0.861. The molecule has 0 heterocycles. The van der Waals surface area contributed by atoms with Crippen molar-refractivity contribution in [1.29, 1.82) is 5.26 Å². The molecule has 18 heavy (non-hydrogen) atoms. The second-order valence-corrected chi connectivity index (χ2v) is 4.55. The molecule has 0 saturated heterocycles. The van der Waals surface area contributed by atoms with Gasteiger partial charge in [-0.15, -0.1) is 0 Å². The maximum absolute atomic E-state index is 8.90. The van der Waals surface area contributed by atoms with Crippen LogP contribution in [0.15, 0.2) is 18.2 Å². The first kappa shape index (κ1) is 12.9. The van der Waals surface area contributed by atoms with Crippen molar-refractivity contribution >= 4 is 0 Å². The van der Waals surface area contributed by atoms with Crippen molar-refractivity contribution < 1.29 is 9.47 Å². The molecule has 0 amide bonds. The Morgan fingerprint density at radius 1 is 1.39 bits per heavy atom. The van der Waals surface area contributed by atoms with Gasteiger partial charge in [-0.3, -0.25) is 0 Å². The molecule has 1 N–H and O–H groups in total. The van der Waals surface area contributed by atoms with Gasteiger partial charge in [-0.25, -0.2) is 0 Å². The van der Waals surface area contributed by atoms with Crippen LogP contribution >= 0.6 is 0 Å². The molecule has 1 saturated carbocycles. The van der Waals surface area contributed by atoms with E-state index in [0.29, 0.717) is 17.7 Å². The first-order chi connectivity index (χ1) is 8.76. The van der Waals surface area contributed by atoms with Crippen molar-refractivity contribution in [2.45, 2.75) is 31.5 Å². The topological polar surface area (TPSA) is 54.3 Å². The second kappa shape index (κ2) is 5.85. The zero-order valence-corrected chi connectivity index (χ0v) is 10.8. The monoisotopic (exact) mass is 246 g/mol. The number of benzene rings is 1. The third-order valence-electron chi connectivity index (χ3n) is 3.42. The summed E-state index contributed by atoms with van der Waals surface area (Å²) in [5.41, 5.74) is 1.69. The number of hydrogen-bond donors (Lipinski definition) is 1. The van der Waals surface area contributed by atoms with Gasteiger partial charge in [0.15, 0.2) is 0 Å². The lowest BCUT2D eigenvalue weighted by atomic mass is 9.89. The smallest absolute Gasteiger partial charge is 0.123 e. The number of nitriles is 1. The SMILES string of the molecule is COc1ccc(C#N)cc1CNC1CC(OC)C1. The summed E-state index contributed by atoms with van der Waals surface area (Å²) in [6.45, 7) is 0.722. The molecule has 0 spiro atoms. The van der Waals surface area contributed by atoms with Crippen LogP contribution in [0.4, 0.5) is 0 Å². The number of ether oxygens (including phenoxy) is 2.